The fourth-order valence-corrected chi connectivity index (χ4v) is 4.28. The SMILES string of the molecule is O=S1(=O)CCCC(CCCCCCN=C=S)C1. The van der Waals surface area contributed by atoms with Crippen molar-refractivity contribution < 1.29 is 8.42 Å². The summed E-state index contributed by atoms with van der Waals surface area (Å²) in [5.74, 6) is 1.23. The Hall–Kier alpha value is -0.250. The van der Waals surface area contributed by atoms with Gasteiger partial charge in [-0.15, -0.1) is 0 Å². The summed E-state index contributed by atoms with van der Waals surface area (Å²) in [6.07, 6.45) is 7.54. The number of isothiocyanates is 1. The fourth-order valence-electron chi connectivity index (χ4n) is 2.37. The normalized spacial score (nSPS) is 22.9. The number of nitrogens with zero attached hydrogens (tertiary/aromatic N) is 1. The third-order valence-corrected chi connectivity index (χ3v) is 5.27. The van der Waals surface area contributed by atoms with Gasteiger partial charge in [-0.3, -0.25) is 0 Å². The average molecular weight is 275 g/mol. The second-order valence-corrected chi connectivity index (χ2v) is 7.21. The van der Waals surface area contributed by atoms with Gasteiger partial charge in [-0.2, -0.15) is 0 Å². The molecule has 1 rings (SSSR count). The van der Waals surface area contributed by atoms with Crippen molar-refractivity contribution in [2.24, 2.45) is 10.9 Å². The predicted octanol–water partition coefficient (Wildman–Crippen LogP) is 2.86. The lowest BCUT2D eigenvalue weighted by Crippen LogP contribution is -2.24. The van der Waals surface area contributed by atoms with Crippen molar-refractivity contribution in [2.75, 3.05) is 18.1 Å². The predicted molar refractivity (Wildman–Crippen MR) is 74.4 cm³/mol. The lowest BCUT2D eigenvalue weighted by Gasteiger charge is -2.21. The Morgan fingerprint density at radius 3 is 2.71 bits per heavy atom. The number of aliphatic imine (C=N–C) groups is 1. The van der Waals surface area contributed by atoms with Crippen LogP contribution in [0.2, 0.25) is 0 Å². The first kappa shape index (κ1) is 14.8. The molecule has 17 heavy (non-hydrogen) atoms. The molecule has 1 fully saturated rings. The quantitative estimate of drug-likeness (QED) is 0.408. The van der Waals surface area contributed by atoms with Crippen LogP contribution < -0.4 is 0 Å². The maximum absolute atomic E-state index is 11.4. The molecule has 5 heteroatoms. The second kappa shape index (κ2) is 7.96. The molecule has 0 saturated carbocycles. The van der Waals surface area contributed by atoms with Crippen molar-refractivity contribution >= 4 is 27.2 Å². The zero-order chi connectivity index (χ0) is 12.6. The Morgan fingerprint density at radius 2 is 2.00 bits per heavy atom. The first-order valence-corrected chi connectivity index (χ1v) is 8.61. The van der Waals surface area contributed by atoms with Crippen LogP contribution in [0.15, 0.2) is 4.99 Å². The first-order chi connectivity index (χ1) is 8.14. The van der Waals surface area contributed by atoms with E-state index in [9.17, 15) is 8.42 Å². The van der Waals surface area contributed by atoms with Crippen LogP contribution in [0, 0.1) is 5.92 Å². The fraction of sp³-hybridized carbons (Fsp3) is 0.917. The third kappa shape index (κ3) is 6.92. The molecule has 0 spiro atoms. The molecule has 1 aliphatic heterocycles. The molecule has 0 aliphatic carbocycles. The zero-order valence-corrected chi connectivity index (χ0v) is 11.9. The Morgan fingerprint density at radius 1 is 1.24 bits per heavy atom. The van der Waals surface area contributed by atoms with Crippen molar-refractivity contribution in [3.05, 3.63) is 0 Å². The van der Waals surface area contributed by atoms with Gasteiger partial charge in [0.15, 0.2) is 9.84 Å². The van der Waals surface area contributed by atoms with Crippen LogP contribution in [0.5, 0.6) is 0 Å². The summed E-state index contributed by atoms with van der Waals surface area (Å²) in [4.78, 5) is 3.86. The standard InChI is InChI=1S/C12H21NO2S2/c14-17(15)9-5-7-12(10-17)6-3-1-2-4-8-13-11-16/h12H,1-10H2. The number of rotatable bonds is 7. The monoisotopic (exact) mass is 275 g/mol. The van der Waals surface area contributed by atoms with Gasteiger partial charge in [-0.1, -0.05) is 19.3 Å². The zero-order valence-electron chi connectivity index (χ0n) is 10.2. The molecule has 1 saturated heterocycles. The Labute approximate surface area is 110 Å². The van der Waals surface area contributed by atoms with E-state index in [1.165, 1.54) is 6.42 Å². The molecular weight excluding hydrogens is 254 g/mol. The second-order valence-electron chi connectivity index (χ2n) is 4.80. The summed E-state index contributed by atoms with van der Waals surface area (Å²) in [5, 5.41) is 2.36. The summed E-state index contributed by atoms with van der Waals surface area (Å²) in [6.45, 7) is 0.779. The van der Waals surface area contributed by atoms with Gasteiger partial charge in [0, 0.05) is 6.54 Å². The summed E-state index contributed by atoms with van der Waals surface area (Å²) >= 11 is 4.49. The van der Waals surface area contributed by atoms with E-state index in [4.69, 9.17) is 0 Å². The lowest BCUT2D eigenvalue weighted by molar-refractivity contribution is 0.435. The minimum Gasteiger partial charge on any atom is -0.233 e. The molecular formula is C12H21NO2S2. The van der Waals surface area contributed by atoms with E-state index in [1.807, 2.05) is 0 Å². The molecule has 0 bridgehead atoms. The van der Waals surface area contributed by atoms with Crippen LogP contribution in [0.1, 0.15) is 44.9 Å². The molecule has 0 aromatic rings. The maximum Gasteiger partial charge on any atom is 0.150 e. The molecule has 0 N–H and O–H groups in total. The largest absolute Gasteiger partial charge is 0.233 e. The summed E-state index contributed by atoms with van der Waals surface area (Å²) in [5.41, 5.74) is 0. The van der Waals surface area contributed by atoms with Crippen molar-refractivity contribution in [3.63, 3.8) is 0 Å². The molecule has 0 aromatic carbocycles. The van der Waals surface area contributed by atoms with Gasteiger partial charge >= 0.3 is 0 Å². The number of thiocarbonyl (C=S) groups is 1. The number of unbranched alkanes of at least 4 members (excludes halogenated alkanes) is 3. The van der Waals surface area contributed by atoms with Gasteiger partial charge in [0.05, 0.1) is 16.7 Å². The van der Waals surface area contributed by atoms with Gasteiger partial charge in [-0.05, 0) is 43.8 Å². The van der Waals surface area contributed by atoms with E-state index in [0.29, 0.717) is 17.4 Å². The van der Waals surface area contributed by atoms with Gasteiger partial charge in [0.1, 0.15) is 0 Å². The number of hydrogen-bond acceptors (Lipinski definition) is 4. The van der Waals surface area contributed by atoms with Gasteiger partial charge in [-0.25, -0.2) is 13.4 Å². The van der Waals surface area contributed by atoms with Gasteiger partial charge in [0.2, 0.25) is 0 Å². The molecule has 3 nitrogen and oxygen atoms in total. The first-order valence-electron chi connectivity index (χ1n) is 6.38. The summed E-state index contributed by atoms with van der Waals surface area (Å²) < 4.78 is 22.9. The highest BCUT2D eigenvalue weighted by Crippen LogP contribution is 2.23. The lowest BCUT2D eigenvalue weighted by atomic mass is 9.98. The molecule has 1 aliphatic rings. The number of sulfone groups is 1. The van der Waals surface area contributed by atoms with E-state index >= 15 is 0 Å². The van der Waals surface area contributed by atoms with Crippen molar-refractivity contribution in [1.82, 2.24) is 0 Å². The summed E-state index contributed by atoms with van der Waals surface area (Å²) in [6, 6.07) is 0. The molecule has 0 radical (unpaired) electrons. The number of hydrogen-bond donors (Lipinski definition) is 0. The van der Waals surface area contributed by atoms with Crippen LogP contribution in [0.25, 0.3) is 0 Å². The Kier molecular flexibility index (Phi) is 6.93. The van der Waals surface area contributed by atoms with Crippen LogP contribution in [-0.2, 0) is 9.84 Å². The molecule has 0 amide bonds. The van der Waals surface area contributed by atoms with Crippen LogP contribution in [-0.4, -0.2) is 31.6 Å². The van der Waals surface area contributed by atoms with Crippen LogP contribution >= 0.6 is 12.2 Å². The highest BCUT2D eigenvalue weighted by molar-refractivity contribution is 7.91. The van der Waals surface area contributed by atoms with Crippen molar-refractivity contribution in [3.8, 4) is 0 Å². The average Bonchev–Trinajstić information content (AvgIpc) is 2.27. The minimum atomic E-state index is -2.72. The smallest absolute Gasteiger partial charge is 0.150 e. The Bertz CT molecular complexity index is 359. The van der Waals surface area contributed by atoms with E-state index in [1.54, 1.807) is 0 Å². The molecule has 0 aromatic heterocycles. The van der Waals surface area contributed by atoms with Crippen molar-refractivity contribution in [2.45, 2.75) is 44.9 Å². The third-order valence-electron chi connectivity index (χ3n) is 3.25. The maximum atomic E-state index is 11.4. The van der Waals surface area contributed by atoms with E-state index in [0.717, 1.165) is 45.1 Å². The van der Waals surface area contributed by atoms with E-state index < -0.39 is 9.84 Å². The Balaban J connectivity index is 2.04. The topological polar surface area (TPSA) is 46.5 Å². The van der Waals surface area contributed by atoms with Crippen molar-refractivity contribution in [1.29, 1.82) is 0 Å². The highest BCUT2D eigenvalue weighted by Gasteiger charge is 2.23. The van der Waals surface area contributed by atoms with Crippen LogP contribution in [0.3, 0.4) is 0 Å². The summed E-state index contributed by atoms with van der Waals surface area (Å²) in [7, 11) is -2.72. The van der Waals surface area contributed by atoms with Gasteiger partial charge < -0.3 is 0 Å². The molecule has 1 unspecified atom stereocenters. The van der Waals surface area contributed by atoms with Crippen LogP contribution in [0.4, 0.5) is 0 Å². The van der Waals surface area contributed by atoms with E-state index in [-0.39, 0.29) is 0 Å². The molecule has 98 valence electrons. The van der Waals surface area contributed by atoms with E-state index in [2.05, 4.69) is 22.4 Å². The van der Waals surface area contributed by atoms with Gasteiger partial charge in [0.25, 0.3) is 0 Å². The minimum absolute atomic E-state index is 0.402. The highest BCUT2D eigenvalue weighted by atomic mass is 32.2. The molecule has 1 atom stereocenters. The molecule has 1 heterocycles.